The number of halogens is 1. The number of nitrogen functional groups attached to an aromatic ring is 1. The molecule has 0 radical (unpaired) electrons. The molecule has 4 rings (SSSR count). The average molecular weight is 383 g/mol. The van der Waals surface area contributed by atoms with Crippen LogP contribution in [0.15, 0.2) is 48.8 Å². The average Bonchev–Trinajstić information content (AvgIpc) is 3.01. The fraction of sp³-hybridized carbons (Fsp3) is 0.0556. The third-order valence-corrected chi connectivity index (χ3v) is 5.04. The number of nitrogens with zero attached hydrogens (tertiary/aromatic N) is 3. The second-order valence-corrected chi connectivity index (χ2v) is 7.14. The van der Waals surface area contributed by atoms with Gasteiger partial charge >= 0.3 is 0 Å². The Morgan fingerprint density at radius 3 is 2.62 bits per heavy atom. The predicted molar refractivity (Wildman–Crippen MR) is 109 cm³/mol. The van der Waals surface area contributed by atoms with E-state index >= 15 is 0 Å². The van der Waals surface area contributed by atoms with E-state index in [1.165, 1.54) is 11.9 Å². The van der Waals surface area contributed by atoms with E-state index < -0.39 is 0 Å². The van der Waals surface area contributed by atoms with Crippen LogP contribution in [0.4, 0.5) is 28.1 Å². The SMILES string of the molecule is Cc1ccc2nc(Nc3ncnc(Nc4ccccc4Cl)c3N)sc2c1. The van der Waals surface area contributed by atoms with E-state index in [0.29, 0.717) is 22.3 Å². The molecule has 0 fully saturated rings. The number of anilines is 5. The van der Waals surface area contributed by atoms with E-state index in [1.807, 2.05) is 30.3 Å². The van der Waals surface area contributed by atoms with Gasteiger partial charge in [0.2, 0.25) is 0 Å². The zero-order valence-corrected chi connectivity index (χ0v) is 15.4. The van der Waals surface area contributed by atoms with E-state index in [0.717, 1.165) is 21.0 Å². The lowest BCUT2D eigenvalue weighted by Gasteiger charge is -2.12. The lowest BCUT2D eigenvalue weighted by molar-refractivity contribution is 1.17. The number of aromatic nitrogens is 3. The summed E-state index contributed by atoms with van der Waals surface area (Å²) in [7, 11) is 0. The first kappa shape index (κ1) is 16.6. The van der Waals surface area contributed by atoms with Crippen molar-refractivity contribution in [1.82, 2.24) is 15.0 Å². The van der Waals surface area contributed by atoms with Crippen LogP contribution < -0.4 is 16.4 Å². The third-order valence-electron chi connectivity index (χ3n) is 3.78. The van der Waals surface area contributed by atoms with Gasteiger partial charge in [0, 0.05) is 0 Å². The minimum absolute atomic E-state index is 0.392. The minimum Gasteiger partial charge on any atom is -0.393 e. The Morgan fingerprint density at radius 1 is 1.04 bits per heavy atom. The zero-order valence-electron chi connectivity index (χ0n) is 13.8. The Bertz CT molecular complexity index is 1090. The van der Waals surface area contributed by atoms with Gasteiger partial charge in [-0.3, -0.25) is 0 Å². The summed E-state index contributed by atoms with van der Waals surface area (Å²) in [5, 5.41) is 7.62. The number of para-hydroxylation sites is 1. The second-order valence-electron chi connectivity index (χ2n) is 5.70. The number of hydrogen-bond donors (Lipinski definition) is 3. The number of rotatable bonds is 4. The van der Waals surface area contributed by atoms with Crippen molar-refractivity contribution in [1.29, 1.82) is 0 Å². The monoisotopic (exact) mass is 382 g/mol. The summed E-state index contributed by atoms with van der Waals surface area (Å²) in [5.74, 6) is 0.970. The predicted octanol–water partition coefficient (Wildman–Crippen LogP) is 5.12. The summed E-state index contributed by atoms with van der Waals surface area (Å²) in [4.78, 5) is 13.0. The van der Waals surface area contributed by atoms with E-state index in [9.17, 15) is 0 Å². The van der Waals surface area contributed by atoms with Gasteiger partial charge in [-0.15, -0.1) is 0 Å². The number of aryl methyl sites for hydroxylation is 1. The molecule has 0 saturated carbocycles. The number of nitrogens with one attached hydrogen (secondary N) is 2. The highest BCUT2D eigenvalue weighted by molar-refractivity contribution is 7.22. The lowest BCUT2D eigenvalue weighted by atomic mass is 10.2. The molecule has 2 heterocycles. The van der Waals surface area contributed by atoms with Gasteiger partial charge in [-0.25, -0.2) is 15.0 Å². The topological polar surface area (TPSA) is 88.8 Å². The normalized spacial score (nSPS) is 10.8. The van der Waals surface area contributed by atoms with Crippen molar-refractivity contribution in [3.8, 4) is 0 Å². The first-order valence-corrected chi connectivity index (χ1v) is 9.06. The Balaban J connectivity index is 1.63. The van der Waals surface area contributed by atoms with E-state index in [1.54, 1.807) is 17.4 Å². The molecule has 0 atom stereocenters. The highest BCUT2D eigenvalue weighted by atomic mass is 35.5. The van der Waals surface area contributed by atoms with E-state index in [4.69, 9.17) is 17.3 Å². The van der Waals surface area contributed by atoms with Crippen LogP contribution in [0.3, 0.4) is 0 Å². The fourth-order valence-corrected chi connectivity index (χ4v) is 3.62. The van der Waals surface area contributed by atoms with Crippen molar-refractivity contribution in [2.45, 2.75) is 6.92 Å². The highest BCUT2D eigenvalue weighted by Crippen LogP contribution is 2.33. The molecule has 0 unspecified atom stereocenters. The molecule has 0 amide bonds. The van der Waals surface area contributed by atoms with Crippen molar-refractivity contribution in [2.75, 3.05) is 16.4 Å². The van der Waals surface area contributed by atoms with Crippen LogP contribution in [0.1, 0.15) is 5.56 Å². The summed E-state index contributed by atoms with van der Waals surface area (Å²) in [5.41, 5.74) is 9.48. The van der Waals surface area contributed by atoms with Crippen LogP contribution in [0, 0.1) is 6.92 Å². The zero-order chi connectivity index (χ0) is 18.1. The Kier molecular flexibility index (Phi) is 4.32. The molecule has 0 spiro atoms. The molecule has 2 aromatic carbocycles. The van der Waals surface area contributed by atoms with Gasteiger partial charge in [-0.05, 0) is 36.8 Å². The fourth-order valence-electron chi connectivity index (χ4n) is 2.47. The molecule has 8 heteroatoms. The van der Waals surface area contributed by atoms with Gasteiger partial charge in [-0.2, -0.15) is 0 Å². The number of hydrogen-bond acceptors (Lipinski definition) is 7. The Labute approximate surface area is 159 Å². The molecule has 0 aliphatic heterocycles. The Hall–Kier alpha value is -2.90. The summed E-state index contributed by atoms with van der Waals surface area (Å²) < 4.78 is 1.11. The molecule has 2 aromatic heterocycles. The van der Waals surface area contributed by atoms with Crippen LogP contribution in [0.25, 0.3) is 10.2 Å². The molecule has 0 bridgehead atoms. The van der Waals surface area contributed by atoms with Gasteiger partial charge in [0.15, 0.2) is 16.8 Å². The number of nitrogens with two attached hydrogens (primary N) is 1. The molecule has 6 nitrogen and oxygen atoms in total. The largest absolute Gasteiger partial charge is 0.393 e. The van der Waals surface area contributed by atoms with Crippen molar-refractivity contribution in [3.05, 3.63) is 59.4 Å². The number of thiazole rings is 1. The van der Waals surface area contributed by atoms with Crippen molar-refractivity contribution in [2.24, 2.45) is 0 Å². The van der Waals surface area contributed by atoms with E-state index in [-0.39, 0.29) is 0 Å². The maximum absolute atomic E-state index is 6.23. The highest BCUT2D eigenvalue weighted by Gasteiger charge is 2.12. The lowest BCUT2D eigenvalue weighted by Crippen LogP contribution is -2.05. The maximum Gasteiger partial charge on any atom is 0.189 e. The number of fused-ring (bicyclic) bond motifs is 1. The van der Waals surface area contributed by atoms with Crippen molar-refractivity contribution in [3.63, 3.8) is 0 Å². The van der Waals surface area contributed by atoms with Crippen LogP contribution in [-0.2, 0) is 0 Å². The summed E-state index contributed by atoms with van der Waals surface area (Å²) in [6, 6.07) is 13.5. The van der Waals surface area contributed by atoms with Gasteiger partial charge < -0.3 is 16.4 Å². The Morgan fingerprint density at radius 2 is 1.81 bits per heavy atom. The molecular weight excluding hydrogens is 368 g/mol. The van der Waals surface area contributed by atoms with Crippen molar-refractivity contribution < 1.29 is 0 Å². The summed E-state index contributed by atoms with van der Waals surface area (Å²) in [6.45, 7) is 2.06. The number of benzene rings is 2. The van der Waals surface area contributed by atoms with Crippen LogP contribution in [0.2, 0.25) is 5.02 Å². The molecule has 4 N–H and O–H groups in total. The second kappa shape index (κ2) is 6.78. The smallest absolute Gasteiger partial charge is 0.189 e. The van der Waals surface area contributed by atoms with Gasteiger partial charge in [0.05, 0.1) is 20.9 Å². The molecule has 26 heavy (non-hydrogen) atoms. The summed E-state index contributed by atoms with van der Waals surface area (Å²) >= 11 is 7.73. The quantitative estimate of drug-likeness (QED) is 0.454. The third kappa shape index (κ3) is 3.26. The van der Waals surface area contributed by atoms with Gasteiger partial charge in [-0.1, -0.05) is 41.1 Å². The molecule has 4 aromatic rings. The minimum atomic E-state index is 0.392. The maximum atomic E-state index is 6.23. The standard InChI is InChI=1S/C18H15ClN6S/c1-10-6-7-13-14(8-10)26-18(24-13)25-17-15(20)16(21-9-22-17)23-12-5-3-2-4-11(12)19/h2-9H,20H2,1H3,(H2,21,22,23,24,25). The first-order valence-electron chi connectivity index (χ1n) is 7.86. The van der Waals surface area contributed by atoms with Crippen LogP contribution >= 0.6 is 22.9 Å². The summed E-state index contributed by atoms with van der Waals surface area (Å²) in [6.07, 6.45) is 1.44. The van der Waals surface area contributed by atoms with Crippen LogP contribution in [0.5, 0.6) is 0 Å². The first-order chi connectivity index (χ1) is 12.6. The van der Waals surface area contributed by atoms with Crippen molar-refractivity contribution >= 4 is 61.3 Å². The molecule has 0 aliphatic carbocycles. The molecule has 0 aliphatic rings. The molecule has 0 saturated heterocycles. The van der Waals surface area contributed by atoms with Crippen LogP contribution in [-0.4, -0.2) is 15.0 Å². The van der Waals surface area contributed by atoms with E-state index in [2.05, 4.69) is 38.6 Å². The van der Waals surface area contributed by atoms with Gasteiger partial charge in [0.1, 0.15) is 12.0 Å². The van der Waals surface area contributed by atoms with Gasteiger partial charge in [0.25, 0.3) is 0 Å². The molecule has 130 valence electrons. The molecular formula is C18H15ClN6S.